The molecular weight excluding hydrogens is 336 g/mol. The number of benzene rings is 2. The molecule has 0 saturated carbocycles. The summed E-state index contributed by atoms with van der Waals surface area (Å²) < 4.78 is 51.4. The van der Waals surface area contributed by atoms with Gasteiger partial charge in [-0.1, -0.05) is 23.8 Å². The van der Waals surface area contributed by atoms with Crippen molar-refractivity contribution in [3.05, 3.63) is 54.1 Å². The van der Waals surface area contributed by atoms with Crippen LogP contribution < -0.4 is 9.03 Å². The van der Waals surface area contributed by atoms with Crippen LogP contribution in [0, 0.1) is 6.92 Å². The van der Waals surface area contributed by atoms with Gasteiger partial charge >= 0.3 is 0 Å². The van der Waals surface area contributed by atoms with Gasteiger partial charge in [-0.25, -0.2) is 16.8 Å². The van der Waals surface area contributed by atoms with Crippen molar-refractivity contribution >= 4 is 31.4 Å². The number of rotatable bonds is 5. The van der Waals surface area contributed by atoms with Gasteiger partial charge < -0.3 is 0 Å². The van der Waals surface area contributed by atoms with E-state index in [1.807, 2.05) is 6.92 Å². The van der Waals surface area contributed by atoms with Gasteiger partial charge in [-0.15, -0.1) is 0 Å². The summed E-state index contributed by atoms with van der Waals surface area (Å²) >= 11 is 0. The quantitative estimate of drug-likeness (QED) is 0.892. The monoisotopic (exact) mass is 354 g/mol. The first kappa shape index (κ1) is 17.3. The highest BCUT2D eigenvalue weighted by Gasteiger charge is 2.16. The Morgan fingerprint density at radius 3 is 2.13 bits per heavy atom. The van der Waals surface area contributed by atoms with Gasteiger partial charge in [-0.2, -0.15) is 0 Å². The minimum atomic E-state index is -3.73. The van der Waals surface area contributed by atoms with E-state index >= 15 is 0 Å². The largest absolute Gasteiger partial charge is 0.280 e. The van der Waals surface area contributed by atoms with Crippen LogP contribution in [0.5, 0.6) is 0 Å². The van der Waals surface area contributed by atoms with E-state index in [0.29, 0.717) is 11.4 Å². The van der Waals surface area contributed by atoms with Gasteiger partial charge in [0.2, 0.25) is 10.0 Å². The molecule has 2 aromatic carbocycles. The molecule has 2 rings (SSSR count). The molecule has 0 heterocycles. The van der Waals surface area contributed by atoms with Gasteiger partial charge in [0.25, 0.3) is 10.0 Å². The van der Waals surface area contributed by atoms with Crippen LogP contribution in [0.3, 0.4) is 0 Å². The van der Waals surface area contributed by atoms with Gasteiger partial charge in [-0.3, -0.25) is 9.03 Å². The highest BCUT2D eigenvalue weighted by molar-refractivity contribution is 7.92. The maximum atomic E-state index is 12.3. The zero-order valence-electron chi connectivity index (χ0n) is 13.0. The third-order valence-electron chi connectivity index (χ3n) is 3.29. The van der Waals surface area contributed by atoms with E-state index in [1.54, 1.807) is 30.3 Å². The highest BCUT2D eigenvalue weighted by atomic mass is 32.2. The fourth-order valence-electron chi connectivity index (χ4n) is 1.89. The predicted octanol–water partition coefficient (Wildman–Crippen LogP) is 2.19. The second-order valence-electron chi connectivity index (χ2n) is 5.20. The number of nitrogens with zero attached hydrogens (tertiary/aromatic N) is 1. The lowest BCUT2D eigenvalue weighted by Gasteiger charge is -2.17. The average Bonchev–Trinajstić information content (AvgIpc) is 2.45. The van der Waals surface area contributed by atoms with Crippen molar-refractivity contribution < 1.29 is 16.8 Å². The summed E-state index contributed by atoms with van der Waals surface area (Å²) in [5.74, 6) is 0. The van der Waals surface area contributed by atoms with E-state index in [0.717, 1.165) is 16.1 Å². The molecule has 8 heteroatoms. The molecule has 1 N–H and O–H groups in total. The molecule has 0 aromatic heterocycles. The van der Waals surface area contributed by atoms with Crippen LogP contribution in [0.2, 0.25) is 0 Å². The standard InChI is InChI=1S/C15H18N2O4S2/c1-12-7-9-15(10-8-12)23(20,21)16-13-5-4-6-14(11-13)17(2)22(3,18)19/h4-11,16H,1-3H3. The van der Waals surface area contributed by atoms with Crippen molar-refractivity contribution in [1.82, 2.24) is 0 Å². The molecule has 6 nitrogen and oxygen atoms in total. The molecule has 23 heavy (non-hydrogen) atoms. The molecule has 0 aliphatic heterocycles. The lowest BCUT2D eigenvalue weighted by atomic mass is 10.2. The van der Waals surface area contributed by atoms with E-state index in [2.05, 4.69) is 4.72 Å². The SMILES string of the molecule is Cc1ccc(S(=O)(=O)Nc2cccc(N(C)S(C)(=O)=O)c2)cc1. The number of hydrogen-bond donors (Lipinski definition) is 1. The minimum Gasteiger partial charge on any atom is -0.280 e. The third kappa shape index (κ3) is 4.23. The lowest BCUT2D eigenvalue weighted by molar-refractivity contribution is 0.599. The highest BCUT2D eigenvalue weighted by Crippen LogP contribution is 2.23. The Hall–Kier alpha value is -2.06. The third-order valence-corrected chi connectivity index (χ3v) is 5.89. The van der Waals surface area contributed by atoms with Gasteiger partial charge in [0.1, 0.15) is 0 Å². The van der Waals surface area contributed by atoms with E-state index in [-0.39, 0.29) is 4.90 Å². The normalized spacial score (nSPS) is 12.0. The Balaban J connectivity index is 2.32. The van der Waals surface area contributed by atoms with Crippen LogP contribution in [0.15, 0.2) is 53.4 Å². The zero-order chi connectivity index (χ0) is 17.3. The second kappa shape index (κ2) is 6.21. The number of nitrogens with one attached hydrogen (secondary N) is 1. The number of hydrogen-bond acceptors (Lipinski definition) is 4. The number of sulfonamides is 2. The maximum absolute atomic E-state index is 12.3. The predicted molar refractivity (Wildman–Crippen MR) is 91.7 cm³/mol. The maximum Gasteiger partial charge on any atom is 0.261 e. The molecule has 0 atom stereocenters. The van der Waals surface area contributed by atoms with E-state index in [9.17, 15) is 16.8 Å². The van der Waals surface area contributed by atoms with Crippen molar-refractivity contribution in [2.75, 3.05) is 22.3 Å². The Morgan fingerprint density at radius 1 is 0.957 bits per heavy atom. The topological polar surface area (TPSA) is 83.6 Å². The van der Waals surface area contributed by atoms with Crippen LogP contribution in [0.1, 0.15) is 5.56 Å². The lowest BCUT2D eigenvalue weighted by Crippen LogP contribution is -2.24. The van der Waals surface area contributed by atoms with Gasteiger partial charge in [0, 0.05) is 7.05 Å². The number of aryl methyl sites for hydroxylation is 1. The zero-order valence-corrected chi connectivity index (χ0v) is 14.6. The summed E-state index contributed by atoms with van der Waals surface area (Å²) in [6.07, 6.45) is 1.08. The summed E-state index contributed by atoms with van der Waals surface area (Å²) in [4.78, 5) is 0.143. The molecule has 0 radical (unpaired) electrons. The van der Waals surface area contributed by atoms with E-state index < -0.39 is 20.0 Å². The molecule has 0 amide bonds. The van der Waals surface area contributed by atoms with Crippen molar-refractivity contribution in [3.8, 4) is 0 Å². The first-order valence-corrected chi connectivity index (χ1v) is 10.1. The van der Waals surface area contributed by atoms with Crippen molar-refractivity contribution in [2.45, 2.75) is 11.8 Å². The summed E-state index contributed by atoms with van der Waals surface area (Å²) in [5.41, 5.74) is 1.62. The summed E-state index contributed by atoms with van der Waals surface area (Å²) in [6, 6.07) is 12.7. The molecule has 2 aromatic rings. The molecule has 0 aliphatic carbocycles. The smallest absolute Gasteiger partial charge is 0.261 e. The molecule has 0 saturated heterocycles. The van der Waals surface area contributed by atoms with Crippen molar-refractivity contribution in [1.29, 1.82) is 0 Å². The van der Waals surface area contributed by atoms with Crippen LogP contribution in [0.4, 0.5) is 11.4 Å². The van der Waals surface area contributed by atoms with Crippen LogP contribution in [-0.2, 0) is 20.0 Å². The number of anilines is 2. The summed E-state index contributed by atoms with van der Waals surface area (Å²) in [7, 11) is -5.74. The van der Waals surface area contributed by atoms with E-state index in [1.165, 1.54) is 25.2 Å². The van der Waals surface area contributed by atoms with Crippen LogP contribution in [-0.4, -0.2) is 30.1 Å². The molecule has 0 bridgehead atoms. The van der Waals surface area contributed by atoms with Gasteiger partial charge in [-0.05, 0) is 37.3 Å². The fraction of sp³-hybridized carbons (Fsp3) is 0.200. The first-order chi connectivity index (χ1) is 10.6. The molecule has 0 aliphatic rings. The van der Waals surface area contributed by atoms with Gasteiger partial charge in [0.15, 0.2) is 0 Å². The van der Waals surface area contributed by atoms with Gasteiger partial charge in [0.05, 0.1) is 22.5 Å². The Labute approximate surface area is 136 Å². The first-order valence-electron chi connectivity index (χ1n) is 6.73. The summed E-state index contributed by atoms with van der Waals surface area (Å²) in [6.45, 7) is 1.87. The van der Waals surface area contributed by atoms with E-state index in [4.69, 9.17) is 0 Å². The molecular formula is C15H18N2O4S2. The second-order valence-corrected chi connectivity index (χ2v) is 8.90. The van der Waals surface area contributed by atoms with Crippen LogP contribution >= 0.6 is 0 Å². The average molecular weight is 354 g/mol. The Morgan fingerprint density at radius 2 is 1.57 bits per heavy atom. The molecule has 0 fully saturated rings. The minimum absolute atomic E-state index is 0.143. The van der Waals surface area contributed by atoms with Crippen LogP contribution in [0.25, 0.3) is 0 Å². The molecule has 124 valence electrons. The summed E-state index contributed by atoms with van der Waals surface area (Å²) in [5, 5.41) is 0. The fourth-order valence-corrected chi connectivity index (χ4v) is 3.43. The van der Waals surface area contributed by atoms with Crippen molar-refractivity contribution in [3.63, 3.8) is 0 Å². The molecule has 0 spiro atoms. The Kier molecular flexibility index (Phi) is 4.67. The molecule has 0 unspecified atom stereocenters. The van der Waals surface area contributed by atoms with Crippen molar-refractivity contribution in [2.24, 2.45) is 0 Å². The Bertz CT molecular complexity index is 905.